The molecule has 0 unspecified atom stereocenters. The standard InChI is InChI=1S/C17H23N3O2/c1-3-12-20-15-7-5-4-6-14(15)19-16(20)10-11-18-17(22)9-8-13(2)21/h3-7,13,21H,1,8-12H2,2H3,(H,18,22)/t13-/m0/s1. The van der Waals surface area contributed by atoms with E-state index in [1.54, 1.807) is 6.92 Å². The molecule has 5 heteroatoms. The summed E-state index contributed by atoms with van der Waals surface area (Å²) in [4.78, 5) is 16.3. The second kappa shape index (κ2) is 7.75. The summed E-state index contributed by atoms with van der Waals surface area (Å²) in [6, 6.07) is 7.98. The van der Waals surface area contributed by atoms with Gasteiger partial charge in [0.2, 0.25) is 5.91 Å². The molecular formula is C17H23N3O2. The molecule has 0 aliphatic rings. The molecule has 0 spiro atoms. The number of imidazole rings is 1. The van der Waals surface area contributed by atoms with Crippen LogP contribution >= 0.6 is 0 Å². The number of allylic oxidation sites excluding steroid dienone is 1. The van der Waals surface area contributed by atoms with E-state index in [9.17, 15) is 9.90 Å². The fourth-order valence-electron chi connectivity index (χ4n) is 2.39. The maximum atomic E-state index is 11.7. The van der Waals surface area contributed by atoms with Gasteiger partial charge in [-0.2, -0.15) is 0 Å². The Labute approximate surface area is 130 Å². The van der Waals surface area contributed by atoms with Gasteiger partial charge < -0.3 is 15.0 Å². The third kappa shape index (κ3) is 4.18. The predicted octanol–water partition coefficient (Wildman–Crippen LogP) is 2.04. The number of carbonyl (C=O) groups excluding carboxylic acids is 1. The largest absolute Gasteiger partial charge is 0.393 e. The second-order valence-corrected chi connectivity index (χ2v) is 5.40. The van der Waals surface area contributed by atoms with Gasteiger partial charge in [-0.05, 0) is 25.5 Å². The highest BCUT2D eigenvalue weighted by molar-refractivity contribution is 5.76. The van der Waals surface area contributed by atoms with Crippen LogP contribution in [0, 0.1) is 0 Å². The molecule has 0 saturated heterocycles. The lowest BCUT2D eigenvalue weighted by atomic mass is 10.2. The zero-order valence-corrected chi connectivity index (χ0v) is 13.0. The molecular weight excluding hydrogens is 278 g/mol. The van der Waals surface area contributed by atoms with E-state index in [2.05, 4.69) is 21.4 Å². The van der Waals surface area contributed by atoms with Crippen LogP contribution < -0.4 is 5.32 Å². The van der Waals surface area contributed by atoms with Gasteiger partial charge in [0.25, 0.3) is 0 Å². The number of benzene rings is 1. The summed E-state index contributed by atoms with van der Waals surface area (Å²) in [6.07, 6.45) is 2.91. The lowest BCUT2D eigenvalue weighted by Gasteiger charge is -2.08. The van der Waals surface area contributed by atoms with Gasteiger partial charge in [0.1, 0.15) is 5.82 Å². The smallest absolute Gasteiger partial charge is 0.220 e. The van der Waals surface area contributed by atoms with Crippen LogP contribution in [0.2, 0.25) is 0 Å². The van der Waals surface area contributed by atoms with Crippen LogP contribution in [0.1, 0.15) is 25.6 Å². The van der Waals surface area contributed by atoms with Crippen LogP contribution in [-0.2, 0) is 17.8 Å². The Kier molecular flexibility index (Phi) is 5.72. The summed E-state index contributed by atoms with van der Waals surface area (Å²) in [5, 5.41) is 12.0. The number of hydrogen-bond donors (Lipinski definition) is 2. The monoisotopic (exact) mass is 301 g/mol. The fraction of sp³-hybridized carbons (Fsp3) is 0.412. The molecule has 118 valence electrons. The number of amides is 1. The highest BCUT2D eigenvalue weighted by Crippen LogP contribution is 2.16. The maximum Gasteiger partial charge on any atom is 0.220 e. The van der Waals surface area contributed by atoms with Gasteiger partial charge in [-0.25, -0.2) is 4.98 Å². The first-order chi connectivity index (χ1) is 10.6. The van der Waals surface area contributed by atoms with Gasteiger partial charge in [-0.1, -0.05) is 18.2 Å². The van der Waals surface area contributed by atoms with Crippen LogP contribution in [0.3, 0.4) is 0 Å². The molecule has 1 amide bonds. The van der Waals surface area contributed by atoms with Gasteiger partial charge >= 0.3 is 0 Å². The van der Waals surface area contributed by atoms with E-state index in [1.807, 2.05) is 30.3 Å². The number of aliphatic hydroxyl groups is 1. The van der Waals surface area contributed by atoms with Gasteiger partial charge in [0.15, 0.2) is 0 Å². The lowest BCUT2D eigenvalue weighted by Crippen LogP contribution is -2.27. The quantitative estimate of drug-likeness (QED) is 0.733. The highest BCUT2D eigenvalue weighted by Gasteiger charge is 2.10. The molecule has 2 N–H and O–H groups in total. The zero-order valence-electron chi connectivity index (χ0n) is 13.0. The molecule has 5 nitrogen and oxygen atoms in total. The van der Waals surface area contributed by atoms with Gasteiger partial charge in [-0.3, -0.25) is 4.79 Å². The van der Waals surface area contributed by atoms with Crippen LogP contribution in [0.5, 0.6) is 0 Å². The number of aliphatic hydroxyl groups excluding tert-OH is 1. The summed E-state index contributed by atoms with van der Waals surface area (Å²) in [5.41, 5.74) is 2.04. The minimum atomic E-state index is -0.442. The molecule has 1 aromatic heterocycles. The fourth-order valence-corrected chi connectivity index (χ4v) is 2.39. The molecule has 22 heavy (non-hydrogen) atoms. The van der Waals surface area contributed by atoms with E-state index in [4.69, 9.17) is 0 Å². The number of rotatable bonds is 8. The summed E-state index contributed by atoms with van der Waals surface area (Å²) in [6.45, 7) is 6.72. The Bertz CT molecular complexity index is 646. The number of nitrogens with zero attached hydrogens (tertiary/aromatic N) is 2. The van der Waals surface area contributed by atoms with Crippen molar-refractivity contribution >= 4 is 16.9 Å². The molecule has 1 aromatic carbocycles. The number of para-hydroxylation sites is 2. The van der Waals surface area contributed by atoms with E-state index in [-0.39, 0.29) is 5.91 Å². The normalized spacial score (nSPS) is 12.3. The van der Waals surface area contributed by atoms with Crippen molar-refractivity contribution in [3.63, 3.8) is 0 Å². The average Bonchev–Trinajstić information content (AvgIpc) is 2.84. The third-order valence-electron chi connectivity index (χ3n) is 3.51. The average molecular weight is 301 g/mol. The summed E-state index contributed by atoms with van der Waals surface area (Å²) < 4.78 is 2.12. The lowest BCUT2D eigenvalue weighted by molar-refractivity contribution is -0.121. The van der Waals surface area contributed by atoms with Crippen LogP contribution in [0.15, 0.2) is 36.9 Å². The van der Waals surface area contributed by atoms with Gasteiger partial charge in [-0.15, -0.1) is 6.58 Å². The van der Waals surface area contributed by atoms with Crippen molar-refractivity contribution in [2.24, 2.45) is 0 Å². The molecule has 1 heterocycles. The highest BCUT2D eigenvalue weighted by atomic mass is 16.3. The Morgan fingerprint density at radius 2 is 2.27 bits per heavy atom. The molecule has 0 aliphatic heterocycles. The van der Waals surface area contributed by atoms with Crippen molar-refractivity contribution in [2.75, 3.05) is 6.54 Å². The summed E-state index contributed by atoms with van der Waals surface area (Å²) in [5.74, 6) is 0.907. The Balaban J connectivity index is 1.97. The van der Waals surface area contributed by atoms with Crippen LogP contribution in [0.4, 0.5) is 0 Å². The number of aromatic nitrogens is 2. The molecule has 0 bridgehead atoms. The van der Waals surface area contributed by atoms with Crippen molar-refractivity contribution < 1.29 is 9.90 Å². The van der Waals surface area contributed by atoms with E-state index in [1.165, 1.54) is 0 Å². The van der Waals surface area contributed by atoms with Crippen molar-refractivity contribution in [3.05, 3.63) is 42.7 Å². The summed E-state index contributed by atoms with van der Waals surface area (Å²) >= 11 is 0. The minimum Gasteiger partial charge on any atom is -0.393 e. The molecule has 0 radical (unpaired) electrons. The van der Waals surface area contributed by atoms with E-state index in [0.29, 0.717) is 32.4 Å². The molecule has 2 rings (SSSR count). The molecule has 1 atom stereocenters. The number of nitrogens with one attached hydrogen (secondary N) is 1. The maximum absolute atomic E-state index is 11.7. The second-order valence-electron chi connectivity index (χ2n) is 5.40. The Hall–Kier alpha value is -2.14. The van der Waals surface area contributed by atoms with Crippen LogP contribution in [-0.4, -0.2) is 33.2 Å². The topological polar surface area (TPSA) is 67.2 Å². The van der Waals surface area contributed by atoms with Crippen molar-refractivity contribution in [1.29, 1.82) is 0 Å². The number of carbonyl (C=O) groups is 1. The first kappa shape index (κ1) is 16.2. The van der Waals surface area contributed by atoms with Gasteiger partial charge in [0, 0.05) is 25.9 Å². The van der Waals surface area contributed by atoms with Crippen molar-refractivity contribution in [2.45, 2.75) is 38.8 Å². The number of hydrogen-bond acceptors (Lipinski definition) is 3. The molecule has 0 saturated carbocycles. The third-order valence-corrected chi connectivity index (χ3v) is 3.51. The molecule has 2 aromatic rings. The van der Waals surface area contributed by atoms with E-state index < -0.39 is 6.10 Å². The zero-order chi connectivity index (χ0) is 15.9. The Morgan fingerprint density at radius 3 is 3.00 bits per heavy atom. The minimum absolute atomic E-state index is 0.0349. The summed E-state index contributed by atoms with van der Waals surface area (Å²) in [7, 11) is 0. The predicted molar refractivity (Wildman–Crippen MR) is 87.6 cm³/mol. The first-order valence-electron chi connectivity index (χ1n) is 7.61. The van der Waals surface area contributed by atoms with Crippen LogP contribution in [0.25, 0.3) is 11.0 Å². The van der Waals surface area contributed by atoms with E-state index in [0.717, 1.165) is 16.9 Å². The number of fused-ring (bicyclic) bond motifs is 1. The first-order valence-corrected chi connectivity index (χ1v) is 7.61. The Morgan fingerprint density at radius 1 is 1.50 bits per heavy atom. The van der Waals surface area contributed by atoms with E-state index >= 15 is 0 Å². The molecule has 0 fully saturated rings. The van der Waals surface area contributed by atoms with Crippen molar-refractivity contribution in [3.8, 4) is 0 Å². The van der Waals surface area contributed by atoms with Gasteiger partial charge in [0.05, 0.1) is 17.1 Å². The molecule has 0 aliphatic carbocycles. The SMILES string of the molecule is C=CCn1c(CCNC(=O)CC[C@H](C)O)nc2ccccc21. The van der Waals surface area contributed by atoms with Crippen molar-refractivity contribution in [1.82, 2.24) is 14.9 Å².